The Morgan fingerprint density at radius 3 is 2.50 bits per heavy atom. The van der Waals surface area contributed by atoms with E-state index in [1.165, 1.54) is 4.90 Å². The molecule has 1 saturated heterocycles. The molecule has 1 aliphatic heterocycles. The Bertz CT molecular complexity index is 247. The molecule has 1 rings (SSSR count). The average molecular weight is 261 g/mol. The second kappa shape index (κ2) is 5.72. The highest BCUT2D eigenvalue weighted by molar-refractivity contribution is 5.85. The van der Waals surface area contributed by atoms with Gasteiger partial charge in [0, 0.05) is 19.1 Å². The lowest BCUT2D eigenvalue weighted by molar-refractivity contribution is -0.186. The van der Waals surface area contributed by atoms with Crippen molar-refractivity contribution in [2.24, 2.45) is 11.7 Å². The van der Waals surface area contributed by atoms with Crippen LogP contribution in [0.25, 0.3) is 0 Å². The first-order chi connectivity index (χ1) is 6.82. The van der Waals surface area contributed by atoms with E-state index in [-0.39, 0.29) is 25.0 Å². The van der Waals surface area contributed by atoms with Gasteiger partial charge < -0.3 is 10.6 Å². The van der Waals surface area contributed by atoms with Crippen LogP contribution in [0.5, 0.6) is 0 Å². The Hall–Kier alpha value is -0.490. The fourth-order valence-corrected chi connectivity index (χ4v) is 1.62. The second-order valence-corrected chi connectivity index (χ2v) is 3.95. The van der Waals surface area contributed by atoms with Gasteiger partial charge in [-0.25, -0.2) is 0 Å². The molecule has 1 amide bonds. The topological polar surface area (TPSA) is 46.3 Å². The van der Waals surface area contributed by atoms with E-state index in [4.69, 9.17) is 5.73 Å². The van der Waals surface area contributed by atoms with Crippen molar-refractivity contribution in [3.05, 3.63) is 0 Å². The molecular weight excluding hydrogens is 245 g/mol. The molecular formula is C9H16ClF3N2O. The number of carbonyl (C=O) groups is 1. The van der Waals surface area contributed by atoms with E-state index >= 15 is 0 Å². The molecule has 0 aromatic rings. The summed E-state index contributed by atoms with van der Waals surface area (Å²) in [5.74, 6) is -2.79. The minimum atomic E-state index is -4.46. The predicted octanol–water partition coefficient (Wildman–Crippen LogP) is 1.56. The molecule has 16 heavy (non-hydrogen) atoms. The van der Waals surface area contributed by atoms with Crippen LogP contribution >= 0.6 is 12.4 Å². The zero-order valence-electron chi connectivity index (χ0n) is 8.96. The molecule has 0 aromatic carbocycles. The number of hydrogen-bond donors (Lipinski definition) is 1. The zero-order chi connectivity index (χ0) is 11.6. The van der Waals surface area contributed by atoms with Crippen LogP contribution in [-0.4, -0.2) is 36.1 Å². The summed E-state index contributed by atoms with van der Waals surface area (Å²) in [7, 11) is 0. The monoisotopic (exact) mass is 260 g/mol. The standard InChI is InChI=1S/C9H15F3N2O.ClH/c1-6(9(10,11)12)8(15)14-4-2-3-7(13)5-14;/h6-7H,2-5,13H2,1H3;1H. The number of rotatable bonds is 1. The Labute approximate surface area is 98.6 Å². The van der Waals surface area contributed by atoms with Crippen LogP contribution in [-0.2, 0) is 4.79 Å². The van der Waals surface area contributed by atoms with E-state index in [9.17, 15) is 18.0 Å². The van der Waals surface area contributed by atoms with Gasteiger partial charge >= 0.3 is 6.18 Å². The first-order valence-corrected chi connectivity index (χ1v) is 4.93. The number of hydrogen-bond acceptors (Lipinski definition) is 2. The van der Waals surface area contributed by atoms with E-state index in [2.05, 4.69) is 0 Å². The Kier molecular flexibility index (Phi) is 5.55. The third-order valence-electron chi connectivity index (χ3n) is 2.63. The van der Waals surface area contributed by atoms with Gasteiger partial charge in [-0.15, -0.1) is 12.4 Å². The summed E-state index contributed by atoms with van der Waals surface area (Å²) < 4.78 is 36.8. The molecule has 1 aliphatic rings. The van der Waals surface area contributed by atoms with Gasteiger partial charge in [0.2, 0.25) is 5.91 Å². The Balaban J connectivity index is 0.00000225. The van der Waals surface area contributed by atoms with Crippen molar-refractivity contribution in [2.75, 3.05) is 13.1 Å². The SMILES string of the molecule is CC(C(=O)N1CCCC(N)C1)C(F)(F)F.Cl. The van der Waals surface area contributed by atoms with Gasteiger partial charge in [-0.2, -0.15) is 13.2 Å². The maximum atomic E-state index is 12.3. The maximum Gasteiger partial charge on any atom is 0.400 e. The summed E-state index contributed by atoms with van der Waals surface area (Å²) in [5.41, 5.74) is 5.60. The third kappa shape index (κ3) is 3.83. The van der Waals surface area contributed by atoms with Crippen molar-refractivity contribution < 1.29 is 18.0 Å². The minimum Gasteiger partial charge on any atom is -0.341 e. The number of amides is 1. The first-order valence-electron chi connectivity index (χ1n) is 4.93. The van der Waals surface area contributed by atoms with Crippen LogP contribution in [0.15, 0.2) is 0 Å². The van der Waals surface area contributed by atoms with Gasteiger partial charge in [0.1, 0.15) is 5.92 Å². The summed E-state index contributed by atoms with van der Waals surface area (Å²) >= 11 is 0. The first kappa shape index (κ1) is 15.5. The molecule has 96 valence electrons. The van der Waals surface area contributed by atoms with Crippen LogP contribution in [0, 0.1) is 5.92 Å². The smallest absolute Gasteiger partial charge is 0.341 e. The summed E-state index contributed by atoms with van der Waals surface area (Å²) in [6.45, 7) is 1.51. The van der Waals surface area contributed by atoms with E-state index in [0.717, 1.165) is 13.3 Å². The summed E-state index contributed by atoms with van der Waals surface area (Å²) in [4.78, 5) is 12.7. The minimum absolute atomic E-state index is 0. The molecule has 2 atom stereocenters. The fourth-order valence-electron chi connectivity index (χ4n) is 1.62. The molecule has 0 spiro atoms. The van der Waals surface area contributed by atoms with Crippen LogP contribution in [0.3, 0.4) is 0 Å². The molecule has 1 fully saturated rings. The summed E-state index contributed by atoms with van der Waals surface area (Å²) in [6, 6.07) is -0.192. The lowest BCUT2D eigenvalue weighted by atomic mass is 10.0. The largest absolute Gasteiger partial charge is 0.400 e. The van der Waals surface area contributed by atoms with Crippen LogP contribution < -0.4 is 5.73 Å². The number of likely N-dealkylation sites (tertiary alicyclic amines) is 1. The molecule has 1 heterocycles. The molecule has 7 heteroatoms. The lowest BCUT2D eigenvalue weighted by Gasteiger charge is -2.33. The van der Waals surface area contributed by atoms with Crippen LogP contribution in [0.4, 0.5) is 13.2 Å². The second-order valence-electron chi connectivity index (χ2n) is 3.95. The van der Waals surface area contributed by atoms with Crippen molar-refractivity contribution in [2.45, 2.75) is 32.0 Å². The van der Waals surface area contributed by atoms with Crippen molar-refractivity contribution in [3.8, 4) is 0 Å². The van der Waals surface area contributed by atoms with E-state index in [1.807, 2.05) is 0 Å². The number of piperidine rings is 1. The highest BCUT2D eigenvalue weighted by Gasteiger charge is 2.43. The fraction of sp³-hybridized carbons (Fsp3) is 0.889. The maximum absolute atomic E-state index is 12.3. The van der Waals surface area contributed by atoms with Gasteiger partial charge in [0.05, 0.1) is 0 Å². The van der Waals surface area contributed by atoms with E-state index in [1.54, 1.807) is 0 Å². The quantitative estimate of drug-likeness (QED) is 0.778. The summed E-state index contributed by atoms with van der Waals surface area (Å²) in [6.07, 6.45) is -3.01. The number of nitrogens with zero attached hydrogens (tertiary/aromatic N) is 1. The highest BCUT2D eigenvalue weighted by atomic mass is 35.5. The third-order valence-corrected chi connectivity index (χ3v) is 2.63. The van der Waals surface area contributed by atoms with Gasteiger partial charge in [-0.1, -0.05) is 0 Å². The normalized spacial score (nSPS) is 23.6. The molecule has 0 radical (unpaired) electrons. The Morgan fingerprint density at radius 2 is 2.06 bits per heavy atom. The summed E-state index contributed by atoms with van der Waals surface area (Å²) in [5, 5.41) is 0. The van der Waals surface area contributed by atoms with Gasteiger partial charge in [0.15, 0.2) is 0 Å². The number of carbonyl (C=O) groups excluding carboxylic acids is 1. The van der Waals surface area contributed by atoms with Gasteiger partial charge in [-0.3, -0.25) is 4.79 Å². The van der Waals surface area contributed by atoms with E-state index < -0.39 is 18.0 Å². The predicted molar refractivity (Wildman–Crippen MR) is 56.3 cm³/mol. The van der Waals surface area contributed by atoms with Crippen LogP contribution in [0.2, 0.25) is 0 Å². The van der Waals surface area contributed by atoms with E-state index in [0.29, 0.717) is 13.0 Å². The molecule has 0 bridgehead atoms. The van der Waals surface area contributed by atoms with Gasteiger partial charge in [0.25, 0.3) is 0 Å². The lowest BCUT2D eigenvalue weighted by Crippen LogP contribution is -2.49. The Morgan fingerprint density at radius 1 is 1.50 bits per heavy atom. The van der Waals surface area contributed by atoms with Crippen molar-refractivity contribution >= 4 is 18.3 Å². The molecule has 3 nitrogen and oxygen atoms in total. The molecule has 0 aliphatic carbocycles. The molecule has 2 N–H and O–H groups in total. The molecule has 0 saturated carbocycles. The van der Waals surface area contributed by atoms with Crippen molar-refractivity contribution in [1.29, 1.82) is 0 Å². The van der Waals surface area contributed by atoms with Crippen LogP contribution in [0.1, 0.15) is 19.8 Å². The number of nitrogens with two attached hydrogens (primary N) is 1. The number of halogens is 4. The molecule has 2 unspecified atom stereocenters. The van der Waals surface area contributed by atoms with Gasteiger partial charge in [-0.05, 0) is 19.8 Å². The van der Waals surface area contributed by atoms with Crippen molar-refractivity contribution in [1.82, 2.24) is 4.90 Å². The number of alkyl halides is 3. The zero-order valence-corrected chi connectivity index (χ0v) is 9.77. The highest BCUT2D eigenvalue weighted by Crippen LogP contribution is 2.28. The van der Waals surface area contributed by atoms with Crippen molar-refractivity contribution in [3.63, 3.8) is 0 Å². The molecule has 0 aromatic heterocycles. The average Bonchev–Trinajstić information content (AvgIpc) is 2.14.